The van der Waals surface area contributed by atoms with Gasteiger partial charge in [-0.05, 0) is 49.4 Å². The van der Waals surface area contributed by atoms with Crippen molar-refractivity contribution >= 4 is 44.7 Å². The fourth-order valence-electron chi connectivity index (χ4n) is 4.01. The van der Waals surface area contributed by atoms with E-state index in [1.54, 1.807) is 48.5 Å². The lowest BCUT2D eigenvalue weighted by Crippen LogP contribution is -2.38. The highest BCUT2D eigenvalue weighted by atomic mass is 35.5. The van der Waals surface area contributed by atoms with Crippen LogP contribution < -0.4 is 19.1 Å². The Hall–Kier alpha value is -4.34. The Labute approximate surface area is 238 Å². The largest absolute Gasteiger partial charge is 0.493 e. The van der Waals surface area contributed by atoms with Crippen LogP contribution in [0.2, 0.25) is 5.02 Å². The lowest BCUT2D eigenvalue weighted by Gasteiger charge is -2.25. The number of hydrogen-bond acceptors (Lipinski definition) is 6. The van der Waals surface area contributed by atoms with E-state index in [4.69, 9.17) is 21.1 Å². The van der Waals surface area contributed by atoms with E-state index >= 15 is 0 Å². The number of sulfonamides is 1. The summed E-state index contributed by atoms with van der Waals surface area (Å²) in [5.41, 5.74) is 1.85. The fourth-order valence-corrected chi connectivity index (χ4v) is 5.60. The molecule has 0 radical (unpaired) electrons. The van der Waals surface area contributed by atoms with Crippen molar-refractivity contribution in [2.45, 2.75) is 11.8 Å². The Morgan fingerprint density at radius 2 is 1.52 bits per heavy atom. The minimum atomic E-state index is -4.19. The molecule has 1 N–H and O–H groups in total. The molecule has 0 aliphatic heterocycles. The Balaban J connectivity index is 1.71. The highest BCUT2D eigenvalue weighted by molar-refractivity contribution is 7.92. The van der Waals surface area contributed by atoms with Crippen molar-refractivity contribution in [3.8, 4) is 11.5 Å². The molecule has 0 saturated carbocycles. The van der Waals surface area contributed by atoms with Crippen LogP contribution in [0, 0.1) is 6.92 Å². The Kier molecular flexibility index (Phi) is 8.77. The maximum absolute atomic E-state index is 13.8. The average Bonchev–Trinajstić information content (AvgIpc) is 2.96. The lowest BCUT2D eigenvalue weighted by atomic mass is 10.0. The van der Waals surface area contributed by atoms with E-state index in [-0.39, 0.29) is 33.4 Å². The molecular formula is C30H27ClN2O6S. The van der Waals surface area contributed by atoms with E-state index < -0.39 is 22.5 Å². The van der Waals surface area contributed by atoms with E-state index in [1.807, 2.05) is 6.92 Å². The number of ketones is 1. The molecule has 4 aromatic rings. The van der Waals surface area contributed by atoms with Gasteiger partial charge in [0, 0.05) is 22.2 Å². The van der Waals surface area contributed by atoms with Crippen molar-refractivity contribution in [3.05, 3.63) is 113 Å². The number of rotatable bonds is 10. The molecule has 0 aromatic heterocycles. The summed E-state index contributed by atoms with van der Waals surface area (Å²) in [6.45, 7) is 1.25. The predicted octanol–water partition coefficient (Wildman–Crippen LogP) is 5.73. The second-order valence-corrected chi connectivity index (χ2v) is 11.1. The van der Waals surface area contributed by atoms with Crippen LogP contribution in [0.5, 0.6) is 11.5 Å². The topological polar surface area (TPSA) is 102 Å². The van der Waals surface area contributed by atoms with Gasteiger partial charge in [-0.1, -0.05) is 59.6 Å². The van der Waals surface area contributed by atoms with E-state index in [0.29, 0.717) is 16.3 Å². The number of nitrogens with one attached hydrogen (secondary N) is 1. The van der Waals surface area contributed by atoms with Gasteiger partial charge >= 0.3 is 0 Å². The van der Waals surface area contributed by atoms with Gasteiger partial charge < -0.3 is 14.8 Å². The molecule has 0 aliphatic carbocycles. The molecule has 0 fully saturated rings. The van der Waals surface area contributed by atoms with Crippen LogP contribution in [0.25, 0.3) is 0 Å². The number of benzene rings is 4. The first-order valence-corrected chi connectivity index (χ1v) is 14.0. The minimum absolute atomic E-state index is 0.00659. The standard InChI is InChI=1S/C30H27ClN2O6S/c1-20-9-13-24(14-10-20)40(36,37)33(23-12-16-27(38-2)28(18-23)39-3)19-29(34)32-26-15-11-22(31)17-25(26)30(35)21-7-5-4-6-8-21/h4-18H,19H2,1-3H3,(H,32,34). The number of nitrogens with zero attached hydrogens (tertiary/aromatic N) is 1. The number of carbonyl (C=O) groups excluding carboxylic acids is 2. The van der Waals surface area contributed by atoms with Gasteiger partial charge in [0.25, 0.3) is 10.0 Å². The average molecular weight is 579 g/mol. The van der Waals surface area contributed by atoms with Gasteiger partial charge in [0.1, 0.15) is 6.54 Å². The van der Waals surface area contributed by atoms with Crippen molar-refractivity contribution in [1.29, 1.82) is 0 Å². The Morgan fingerprint density at radius 1 is 0.850 bits per heavy atom. The third kappa shape index (κ3) is 6.27. The monoisotopic (exact) mass is 578 g/mol. The summed E-state index contributed by atoms with van der Waals surface area (Å²) in [6, 6.07) is 23.9. The van der Waals surface area contributed by atoms with Crippen molar-refractivity contribution in [1.82, 2.24) is 0 Å². The second kappa shape index (κ2) is 12.2. The van der Waals surface area contributed by atoms with E-state index in [0.717, 1.165) is 9.87 Å². The molecule has 206 valence electrons. The molecule has 0 heterocycles. The number of amides is 1. The van der Waals surface area contributed by atoms with E-state index in [9.17, 15) is 18.0 Å². The number of ether oxygens (including phenoxy) is 2. The summed E-state index contributed by atoms with van der Waals surface area (Å²) in [5, 5.41) is 3.00. The second-order valence-electron chi connectivity index (χ2n) is 8.80. The van der Waals surface area contributed by atoms with Gasteiger partial charge in [0.05, 0.1) is 30.5 Å². The van der Waals surface area contributed by atoms with Crippen LogP contribution in [0.1, 0.15) is 21.5 Å². The lowest BCUT2D eigenvalue weighted by molar-refractivity contribution is -0.114. The molecule has 4 aromatic carbocycles. The van der Waals surface area contributed by atoms with Crippen molar-refractivity contribution in [2.24, 2.45) is 0 Å². The highest BCUT2D eigenvalue weighted by Gasteiger charge is 2.29. The first-order valence-electron chi connectivity index (χ1n) is 12.1. The smallest absolute Gasteiger partial charge is 0.264 e. The van der Waals surface area contributed by atoms with E-state index in [2.05, 4.69) is 5.32 Å². The third-order valence-electron chi connectivity index (χ3n) is 6.09. The number of hydrogen-bond donors (Lipinski definition) is 1. The normalized spacial score (nSPS) is 11.0. The highest BCUT2D eigenvalue weighted by Crippen LogP contribution is 2.34. The zero-order valence-corrected chi connectivity index (χ0v) is 23.6. The molecule has 10 heteroatoms. The van der Waals surface area contributed by atoms with Gasteiger partial charge in [-0.2, -0.15) is 0 Å². The van der Waals surface area contributed by atoms with Crippen LogP contribution >= 0.6 is 11.6 Å². The number of carbonyl (C=O) groups is 2. The van der Waals surface area contributed by atoms with Gasteiger partial charge in [0.15, 0.2) is 17.3 Å². The summed E-state index contributed by atoms with van der Waals surface area (Å²) in [4.78, 5) is 26.6. The van der Waals surface area contributed by atoms with Crippen LogP contribution in [-0.4, -0.2) is 40.9 Å². The molecule has 0 spiro atoms. The number of halogens is 1. The SMILES string of the molecule is COc1ccc(N(CC(=O)Nc2ccc(Cl)cc2C(=O)c2ccccc2)S(=O)(=O)c2ccc(C)cc2)cc1OC. The predicted molar refractivity (Wildman–Crippen MR) is 155 cm³/mol. The summed E-state index contributed by atoms with van der Waals surface area (Å²) < 4.78 is 39.2. The molecular weight excluding hydrogens is 552 g/mol. The number of methoxy groups -OCH3 is 2. The Bertz CT molecular complexity index is 1640. The molecule has 0 aliphatic rings. The van der Waals surface area contributed by atoms with Crippen LogP contribution in [0.4, 0.5) is 11.4 Å². The molecule has 8 nitrogen and oxygen atoms in total. The Morgan fingerprint density at radius 3 is 2.17 bits per heavy atom. The van der Waals surface area contributed by atoms with Crippen molar-refractivity contribution in [3.63, 3.8) is 0 Å². The number of aryl methyl sites for hydroxylation is 1. The number of anilines is 2. The molecule has 40 heavy (non-hydrogen) atoms. The van der Waals surface area contributed by atoms with Crippen LogP contribution in [0.3, 0.4) is 0 Å². The van der Waals surface area contributed by atoms with Gasteiger partial charge in [-0.15, -0.1) is 0 Å². The molecule has 0 atom stereocenters. The minimum Gasteiger partial charge on any atom is -0.493 e. The van der Waals surface area contributed by atoms with Gasteiger partial charge in [0.2, 0.25) is 5.91 Å². The third-order valence-corrected chi connectivity index (χ3v) is 8.11. The van der Waals surface area contributed by atoms with E-state index in [1.165, 1.54) is 56.7 Å². The summed E-state index contributed by atoms with van der Waals surface area (Å²) >= 11 is 6.17. The summed E-state index contributed by atoms with van der Waals surface area (Å²) in [5.74, 6) is -0.330. The first-order chi connectivity index (χ1) is 19.1. The van der Waals surface area contributed by atoms with Gasteiger partial charge in [-0.3, -0.25) is 13.9 Å². The zero-order chi connectivity index (χ0) is 28.9. The molecule has 0 bridgehead atoms. The summed E-state index contributed by atoms with van der Waals surface area (Å²) in [7, 11) is -1.30. The molecule has 0 unspecified atom stereocenters. The maximum Gasteiger partial charge on any atom is 0.264 e. The molecule has 0 saturated heterocycles. The van der Waals surface area contributed by atoms with Crippen LogP contribution in [0.15, 0.2) is 95.9 Å². The zero-order valence-electron chi connectivity index (χ0n) is 22.1. The summed E-state index contributed by atoms with van der Waals surface area (Å²) in [6.07, 6.45) is 0. The molecule has 1 amide bonds. The fraction of sp³-hybridized carbons (Fsp3) is 0.133. The molecule has 4 rings (SSSR count). The maximum atomic E-state index is 13.8. The van der Waals surface area contributed by atoms with Crippen LogP contribution in [-0.2, 0) is 14.8 Å². The first kappa shape index (κ1) is 28.7. The van der Waals surface area contributed by atoms with Crippen molar-refractivity contribution in [2.75, 3.05) is 30.4 Å². The quantitative estimate of drug-likeness (QED) is 0.241. The van der Waals surface area contributed by atoms with Gasteiger partial charge in [-0.25, -0.2) is 8.42 Å². The van der Waals surface area contributed by atoms with Crippen molar-refractivity contribution < 1.29 is 27.5 Å².